The van der Waals surface area contributed by atoms with Crippen molar-refractivity contribution >= 4 is 34.9 Å². The first-order valence-corrected chi connectivity index (χ1v) is 6.54. The highest BCUT2D eigenvalue weighted by Gasteiger charge is 2.11. The van der Waals surface area contributed by atoms with Crippen LogP contribution in [0, 0.1) is 6.92 Å². The van der Waals surface area contributed by atoms with E-state index in [0.717, 1.165) is 5.56 Å². The van der Waals surface area contributed by atoms with Crippen LogP contribution in [-0.4, -0.2) is 23.2 Å². The molecule has 2 aromatic rings. The molecule has 0 saturated heterocycles. The molecule has 0 bridgehead atoms. The van der Waals surface area contributed by atoms with Crippen LogP contribution >= 0.6 is 23.2 Å². The predicted molar refractivity (Wildman–Crippen MR) is 74.7 cm³/mol. The second kappa shape index (κ2) is 6.12. The molecule has 0 aliphatic carbocycles. The number of benzene rings is 1. The lowest BCUT2D eigenvalue weighted by atomic mass is 10.2. The molecule has 2 rings (SSSR count). The van der Waals surface area contributed by atoms with Crippen molar-refractivity contribution in [2.24, 2.45) is 0 Å². The highest BCUT2D eigenvalue weighted by atomic mass is 35.5. The number of rotatable bonds is 5. The number of nitrogens with one attached hydrogen (secondary N) is 1. The van der Waals surface area contributed by atoms with Crippen molar-refractivity contribution in [1.82, 2.24) is 10.2 Å². The number of ether oxygens (including phenoxy) is 1. The molecule has 0 amide bonds. The number of anilines is 2. The van der Waals surface area contributed by atoms with Crippen LogP contribution in [0.4, 0.5) is 11.7 Å². The Bertz CT molecular complexity index is 572. The van der Waals surface area contributed by atoms with E-state index in [-0.39, 0.29) is 0 Å². The largest absolute Gasteiger partial charge is 0.495 e. The Morgan fingerprint density at radius 1 is 1.37 bits per heavy atom. The van der Waals surface area contributed by atoms with Crippen LogP contribution in [0.5, 0.6) is 5.75 Å². The fourth-order valence-electron chi connectivity index (χ4n) is 1.53. The van der Waals surface area contributed by atoms with Crippen molar-refractivity contribution in [3.8, 4) is 5.75 Å². The van der Waals surface area contributed by atoms with Gasteiger partial charge in [0.05, 0.1) is 12.8 Å². The van der Waals surface area contributed by atoms with Crippen LogP contribution in [0.1, 0.15) is 11.5 Å². The Hall–Kier alpha value is -1.46. The smallest absolute Gasteiger partial charge is 0.320 e. The van der Waals surface area contributed by atoms with E-state index in [4.69, 9.17) is 32.4 Å². The van der Waals surface area contributed by atoms with E-state index in [2.05, 4.69) is 15.5 Å². The highest BCUT2D eigenvalue weighted by Crippen LogP contribution is 2.32. The van der Waals surface area contributed by atoms with Gasteiger partial charge in [0.2, 0.25) is 5.89 Å². The fourth-order valence-corrected chi connectivity index (χ4v) is 1.85. The number of methoxy groups -OCH3 is 1. The molecule has 0 saturated carbocycles. The number of aryl methyl sites for hydroxylation is 2. The summed E-state index contributed by atoms with van der Waals surface area (Å²) >= 11 is 11.6. The minimum absolute atomic E-state index is 0.292. The van der Waals surface area contributed by atoms with Crippen molar-refractivity contribution < 1.29 is 9.15 Å². The van der Waals surface area contributed by atoms with Crippen LogP contribution in [0.25, 0.3) is 0 Å². The molecule has 5 nitrogen and oxygen atoms in total. The quantitative estimate of drug-likeness (QED) is 0.856. The lowest BCUT2D eigenvalue weighted by molar-refractivity contribution is 0.416. The highest BCUT2D eigenvalue weighted by molar-refractivity contribution is 6.31. The minimum Gasteiger partial charge on any atom is -0.495 e. The maximum Gasteiger partial charge on any atom is 0.320 e. The van der Waals surface area contributed by atoms with E-state index < -0.39 is 0 Å². The summed E-state index contributed by atoms with van der Waals surface area (Å²) in [5, 5.41) is 11.4. The van der Waals surface area contributed by atoms with E-state index in [1.807, 2.05) is 13.0 Å². The van der Waals surface area contributed by atoms with Gasteiger partial charge < -0.3 is 14.5 Å². The van der Waals surface area contributed by atoms with Crippen LogP contribution < -0.4 is 10.1 Å². The zero-order valence-corrected chi connectivity index (χ0v) is 12.0. The number of hydrogen-bond acceptors (Lipinski definition) is 5. The van der Waals surface area contributed by atoms with Gasteiger partial charge in [-0.3, -0.25) is 0 Å². The summed E-state index contributed by atoms with van der Waals surface area (Å²) in [6.45, 7) is 1.90. The summed E-state index contributed by atoms with van der Waals surface area (Å²) in [4.78, 5) is 0. The summed E-state index contributed by atoms with van der Waals surface area (Å²) in [7, 11) is 1.57. The van der Waals surface area contributed by atoms with Gasteiger partial charge in [-0.05, 0) is 18.6 Å². The second-order valence-electron chi connectivity index (χ2n) is 3.87. The number of hydrogen-bond donors (Lipinski definition) is 1. The SMILES string of the molecule is COc1cc(Cl)c(C)cc1Nc1nnc(CCCl)o1. The standard InChI is InChI=1S/C12H13Cl2N3O2/c1-7-5-9(10(18-2)6-8(7)14)15-12-17-16-11(19-12)3-4-13/h5-6H,3-4H2,1-2H3,(H,15,17). The first-order valence-electron chi connectivity index (χ1n) is 5.63. The van der Waals surface area contributed by atoms with Crippen LogP contribution in [0.15, 0.2) is 16.5 Å². The maximum atomic E-state index is 6.04. The van der Waals surface area contributed by atoms with Gasteiger partial charge in [-0.2, -0.15) is 0 Å². The third-order valence-corrected chi connectivity index (χ3v) is 3.09. The van der Waals surface area contributed by atoms with Crippen LogP contribution in [-0.2, 0) is 6.42 Å². The predicted octanol–water partition coefficient (Wildman–Crippen LogP) is 3.56. The van der Waals surface area contributed by atoms with Gasteiger partial charge in [-0.1, -0.05) is 16.7 Å². The van der Waals surface area contributed by atoms with Crippen molar-refractivity contribution in [2.75, 3.05) is 18.3 Å². The molecule has 0 aliphatic heterocycles. The Kier molecular flexibility index (Phi) is 4.50. The Morgan fingerprint density at radius 3 is 2.84 bits per heavy atom. The van der Waals surface area contributed by atoms with Crippen molar-refractivity contribution in [2.45, 2.75) is 13.3 Å². The Labute approximate surface area is 120 Å². The molecule has 102 valence electrons. The zero-order chi connectivity index (χ0) is 13.8. The summed E-state index contributed by atoms with van der Waals surface area (Å²) < 4.78 is 10.6. The van der Waals surface area contributed by atoms with E-state index in [1.165, 1.54) is 0 Å². The number of nitrogens with zero attached hydrogens (tertiary/aromatic N) is 2. The first-order chi connectivity index (χ1) is 9.13. The van der Waals surface area contributed by atoms with Gasteiger partial charge in [-0.15, -0.1) is 16.7 Å². The van der Waals surface area contributed by atoms with Gasteiger partial charge in [0.15, 0.2) is 0 Å². The van der Waals surface area contributed by atoms with Crippen molar-refractivity contribution in [3.05, 3.63) is 28.6 Å². The van der Waals surface area contributed by atoms with E-state index in [9.17, 15) is 0 Å². The average molecular weight is 302 g/mol. The number of alkyl halides is 1. The van der Waals surface area contributed by atoms with Crippen molar-refractivity contribution in [3.63, 3.8) is 0 Å². The molecule has 1 aromatic heterocycles. The number of aromatic nitrogens is 2. The third kappa shape index (κ3) is 3.30. The van der Waals surface area contributed by atoms with Gasteiger partial charge in [0.1, 0.15) is 5.75 Å². The third-order valence-electron chi connectivity index (χ3n) is 2.50. The first kappa shape index (κ1) is 14.0. The van der Waals surface area contributed by atoms with Gasteiger partial charge in [-0.25, -0.2) is 0 Å². The molecule has 0 atom stereocenters. The minimum atomic E-state index is 0.292. The van der Waals surface area contributed by atoms with E-state index in [1.54, 1.807) is 13.2 Å². The Balaban J connectivity index is 2.24. The van der Waals surface area contributed by atoms with Crippen LogP contribution in [0.3, 0.4) is 0 Å². The lowest BCUT2D eigenvalue weighted by Gasteiger charge is -2.10. The maximum absolute atomic E-state index is 6.04. The molecule has 1 heterocycles. The molecule has 1 N–H and O–H groups in total. The molecule has 0 aliphatic rings. The monoisotopic (exact) mass is 301 g/mol. The summed E-state index contributed by atoms with van der Waals surface area (Å²) in [6.07, 6.45) is 0.535. The second-order valence-corrected chi connectivity index (χ2v) is 4.65. The molecule has 0 spiro atoms. The van der Waals surface area contributed by atoms with Crippen molar-refractivity contribution in [1.29, 1.82) is 0 Å². The molecule has 19 heavy (non-hydrogen) atoms. The summed E-state index contributed by atoms with van der Waals surface area (Å²) in [5.41, 5.74) is 1.64. The molecule has 0 radical (unpaired) electrons. The molecule has 7 heteroatoms. The van der Waals surface area contributed by atoms with E-state index >= 15 is 0 Å². The van der Waals surface area contributed by atoms with Crippen LogP contribution in [0.2, 0.25) is 5.02 Å². The zero-order valence-electron chi connectivity index (χ0n) is 10.5. The summed E-state index contributed by atoms with van der Waals surface area (Å²) in [5.74, 6) is 1.53. The average Bonchev–Trinajstić information content (AvgIpc) is 2.81. The topological polar surface area (TPSA) is 60.2 Å². The van der Waals surface area contributed by atoms with Gasteiger partial charge >= 0.3 is 6.01 Å². The fraction of sp³-hybridized carbons (Fsp3) is 0.333. The normalized spacial score (nSPS) is 10.5. The van der Waals surface area contributed by atoms with Gasteiger partial charge in [0, 0.05) is 23.4 Å². The van der Waals surface area contributed by atoms with Gasteiger partial charge in [0.25, 0.3) is 0 Å². The van der Waals surface area contributed by atoms with E-state index in [0.29, 0.717) is 40.7 Å². The number of halogens is 2. The molecule has 0 fully saturated rings. The molecular weight excluding hydrogens is 289 g/mol. The molecule has 1 aromatic carbocycles. The Morgan fingerprint density at radius 2 is 2.16 bits per heavy atom. The molecular formula is C12H13Cl2N3O2. The molecule has 0 unspecified atom stereocenters. The summed E-state index contributed by atoms with van der Waals surface area (Å²) in [6, 6.07) is 3.88. The lowest BCUT2D eigenvalue weighted by Crippen LogP contribution is -1.96.